The molecule has 4 aromatic carbocycles. The molecule has 7 rings (SSSR count). The van der Waals surface area contributed by atoms with Gasteiger partial charge in [0.05, 0.1) is 22.4 Å². The lowest BCUT2D eigenvalue weighted by atomic mass is 10.0. The van der Waals surface area contributed by atoms with Gasteiger partial charge in [-0.15, -0.1) is 0 Å². The molecular weight excluding hydrogens is 535 g/mol. The average molecular weight is 567 g/mol. The molecule has 0 atom stereocenters. The van der Waals surface area contributed by atoms with Crippen molar-refractivity contribution in [1.29, 1.82) is 0 Å². The molecule has 5 nitrogen and oxygen atoms in total. The van der Waals surface area contributed by atoms with Crippen LogP contribution in [-0.2, 0) is 0 Å². The molecule has 212 valence electrons. The lowest BCUT2D eigenvalue weighted by Gasteiger charge is -2.11. The zero-order chi connectivity index (χ0) is 29.7. The van der Waals surface area contributed by atoms with E-state index >= 15 is 0 Å². The van der Waals surface area contributed by atoms with Gasteiger partial charge >= 0.3 is 0 Å². The maximum Gasteiger partial charge on any atom is 0.140 e. The van der Waals surface area contributed by atoms with Crippen LogP contribution < -0.4 is 4.74 Å². The molecule has 0 fully saturated rings. The molecule has 0 saturated heterocycles. The van der Waals surface area contributed by atoms with Crippen LogP contribution in [0, 0.1) is 19.7 Å². The largest absolute Gasteiger partial charge is 0.457 e. The van der Waals surface area contributed by atoms with Gasteiger partial charge in [-0.1, -0.05) is 56.3 Å². The number of pyridine rings is 1. The van der Waals surface area contributed by atoms with E-state index in [4.69, 9.17) is 9.84 Å². The summed E-state index contributed by atoms with van der Waals surface area (Å²) in [6, 6.07) is 33.6. The van der Waals surface area contributed by atoms with E-state index in [2.05, 4.69) is 62.2 Å². The number of aryl methyl sites for hydroxylation is 1. The monoisotopic (exact) mass is 566 g/mol. The first-order valence-electron chi connectivity index (χ1n) is 14.5. The van der Waals surface area contributed by atoms with E-state index in [0.717, 1.165) is 50.0 Å². The summed E-state index contributed by atoms with van der Waals surface area (Å²) in [5, 5.41) is 7.02. The Labute approximate surface area is 249 Å². The molecule has 0 amide bonds. The first-order valence-corrected chi connectivity index (χ1v) is 14.5. The molecule has 0 aliphatic heterocycles. The van der Waals surface area contributed by atoms with Gasteiger partial charge in [0.15, 0.2) is 0 Å². The highest BCUT2D eigenvalue weighted by molar-refractivity contribution is 6.09. The van der Waals surface area contributed by atoms with Crippen molar-refractivity contribution in [3.63, 3.8) is 0 Å². The van der Waals surface area contributed by atoms with Crippen LogP contribution in [0.5, 0.6) is 11.5 Å². The second kappa shape index (κ2) is 10.6. The van der Waals surface area contributed by atoms with E-state index in [0.29, 0.717) is 23.2 Å². The minimum absolute atomic E-state index is 0.331. The molecule has 0 N–H and O–H groups in total. The highest BCUT2D eigenvalue weighted by Crippen LogP contribution is 2.37. The molecule has 3 aromatic heterocycles. The quantitative estimate of drug-likeness (QED) is 0.201. The van der Waals surface area contributed by atoms with Crippen molar-refractivity contribution in [3.8, 4) is 34.1 Å². The van der Waals surface area contributed by atoms with Crippen LogP contribution in [0.4, 0.5) is 4.39 Å². The minimum atomic E-state index is -0.331. The van der Waals surface area contributed by atoms with Gasteiger partial charge in [-0.05, 0) is 73.4 Å². The third kappa shape index (κ3) is 4.75. The zero-order valence-corrected chi connectivity index (χ0v) is 24.5. The van der Waals surface area contributed by atoms with Crippen LogP contribution in [0.15, 0.2) is 109 Å². The normalized spacial score (nSPS) is 11.6. The number of fused-ring (bicyclic) bond motifs is 3. The Hall–Kier alpha value is -5.23. The van der Waals surface area contributed by atoms with Crippen molar-refractivity contribution >= 4 is 21.8 Å². The Morgan fingerprint density at radius 1 is 0.744 bits per heavy atom. The third-order valence-corrected chi connectivity index (χ3v) is 8.02. The van der Waals surface area contributed by atoms with Gasteiger partial charge < -0.3 is 4.74 Å². The summed E-state index contributed by atoms with van der Waals surface area (Å²) < 4.78 is 24.7. The predicted octanol–water partition coefficient (Wildman–Crippen LogP) is 9.70. The molecule has 0 saturated carbocycles. The van der Waals surface area contributed by atoms with Crippen molar-refractivity contribution in [2.75, 3.05) is 0 Å². The first kappa shape index (κ1) is 26.7. The molecule has 3 heterocycles. The zero-order valence-electron chi connectivity index (χ0n) is 24.5. The summed E-state index contributed by atoms with van der Waals surface area (Å²) in [6.45, 7) is 8.50. The molecule has 0 aliphatic carbocycles. The van der Waals surface area contributed by atoms with E-state index in [1.54, 1.807) is 0 Å². The van der Waals surface area contributed by atoms with Gasteiger partial charge in [-0.25, -0.2) is 14.1 Å². The van der Waals surface area contributed by atoms with E-state index in [-0.39, 0.29) is 5.82 Å². The second-order valence-electron chi connectivity index (χ2n) is 11.2. The first-order chi connectivity index (χ1) is 20.9. The van der Waals surface area contributed by atoms with E-state index in [1.165, 1.54) is 23.9 Å². The van der Waals surface area contributed by atoms with Crippen molar-refractivity contribution in [1.82, 2.24) is 19.3 Å². The smallest absolute Gasteiger partial charge is 0.140 e. The summed E-state index contributed by atoms with van der Waals surface area (Å²) >= 11 is 0. The lowest BCUT2D eigenvalue weighted by Crippen LogP contribution is -2.00. The van der Waals surface area contributed by atoms with Gasteiger partial charge in [0.1, 0.15) is 23.1 Å². The summed E-state index contributed by atoms with van der Waals surface area (Å²) in [4.78, 5) is 4.51. The minimum Gasteiger partial charge on any atom is -0.457 e. The van der Waals surface area contributed by atoms with Crippen LogP contribution in [-0.4, -0.2) is 19.3 Å². The van der Waals surface area contributed by atoms with E-state index < -0.39 is 0 Å². The van der Waals surface area contributed by atoms with Crippen LogP contribution in [0.1, 0.15) is 36.7 Å². The Morgan fingerprint density at radius 3 is 2.35 bits per heavy atom. The number of benzene rings is 4. The standard InChI is InChI=1S/C37H31FN4O/c1-23(2)27-13-16-34-33(19-27)32-15-14-31(22-35(32)41(34)36-20-28(38)17-18-39-36)43-30-12-8-11-29(21-30)42-25(4)37(24(3)40-42)26-9-6-5-7-10-26/h5-23H,1-4H3. The van der Waals surface area contributed by atoms with Gasteiger partial charge in [-0.2, -0.15) is 5.10 Å². The molecule has 6 heteroatoms. The van der Waals surface area contributed by atoms with Gasteiger partial charge in [0.2, 0.25) is 0 Å². The highest BCUT2D eigenvalue weighted by atomic mass is 19.1. The summed E-state index contributed by atoms with van der Waals surface area (Å²) in [7, 11) is 0. The molecule has 0 radical (unpaired) electrons. The molecular formula is C37H31FN4O. The van der Waals surface area contributed by atoms with Crippen molar-refractivity contribution in [2.45, 2.75) is 33.6 Å². The fourth-order valence-electron chi connectivity index (χ4n) is 5.94. The molecule has 0 spiro atoms. The Morgan fingerprint density at radius 2 is 1.56 bits per heavy atom. The van der Waals surface area contributed by atoms with Crippen LogP contribution >= 0.6 is 0 Å². The highest BCUT2D eigenvalue weighted by Gasteiger charge is 2.17. The third-order valence-electron chi connectivity index (χ3n) is 8.02. The Balaban J connectivity index is 1.30. The van der Waals surface area contributed by atoms with Crippen molar-refractivity contribution < 1.29 is 9.13 Å². The van der Waals surface area contributed by atoms with E-state index in [9.17, 15) is 4.39 Å². The summed E-state index contributed by atoms with van der Waals surface area (Å²) in [6.07, 6.45) is 1.50. The van der Waals surface area contributed by atoms with Gasteiger partial charge in [-0.3, -0.25) is 4.57 Å². The number of hydrogen-bond acceptors (Lipinski definition) is 3. The molecule has 0 aliphatic rings. The number of aromatic nitrogens is 4. The number of halogens is 1. The van der Waals surface area contributed by atoms with Crippen LogP contribution in [0.25, 0.3) is 44.4 Å². The van der Waals surface area contributed by atoms with Crippen LogP contribution in [0.3, 0.4) is 0 Å². The van der Waals surface area contributed by atoms with Crippen molar-refractivity contribution in [2.24, 2.45) is 0 Å². The number of rotatable bonds is 6. The lowest BCUT2D eigenvalue weighted by molar-refractivity contribution is 0.482. The molecule has 43 heavy (non-hydrogen) atoms. The maximum absolute atomic E-state index is 14.3. The van der Waals surface area contributed by atoms with Crippen molar-refractivity contribution in [3.05, 3.63) is 132 Å². The predicted molar refractivity (Wildman–Crippen MR) is 171 cm³/mol. The second-order valence-corrected chi connectivity index (χ2v) is 11.2. The number of ether oxygens (including phenoxy) is 1. The number of hydrogen-bond donors (Lipinski definition) is 0. The molecule has 0 bridgehead atoms. The summed E-state index contributed by atoms with van der Waals surface area (Å²) in [5.74, 6) is 1.94. The fraction of sp³-hybridized carbons (Fsp3) is 0.135. The molecule has 7 aromatic rings. The fourth-order valence-corrected chi connectivity index (χ4v) is 5.94. The molecule has 0 unspecified atom stereocenters. The average Bonchev–Trinajstić information content (AvgIpc) is 3.49. The van der Waals surface area contributed by atoms with Gasteiger partial charge in [0, 0.05) is 46.4 Å². The Bertz CT molecular complexity index is 2120. The maximum atomic E-state index is 14.3. The topological polar surface area (TPSA) is 44.9 Å². The van der Waals surface area contributed by atoms with Crippen LogP contribution in [0.2, 0.25) is 0 Å². The van der Waals surface area contributed by atoms with E-state index in [1.807, 2.05) is 70.8 Å². The summed E-state index contributed by atoms with van der Waals surface area (Å²) in [5.41, 5.74) is 8.35. The SMILES string of the molecule is Cc1nn(-c2cccc(Oc3ccc4c5cc(C(C)C)ccc5n(-c5cc(F)ccn5)c4c3)c2)c(C)c1-c1ccccc1. The van der Waals surface area contributed by atoms with Gasteiger partial charge in [0.25, 0.3) is 0 Å². The number of nitrogens with zero attached hydrogens (tertiary/aromatic N) is 4. The Kier molecular flexibility index (Phi) is 6.54.